The van der Waals surface area contributed by atoms with Crippen LogP contribution < -0.4 is 10.2 Å². The molecule has 0 amide bonds. The molecule has 18 heavy (non-hydrogen) atoms. The third-order valence-corrected chi connectivity index (χ3v) is 4.97. The molecule has 0 bridgehead atoms. The summed E-state index contributed by atoms with van der Waals surface area (Å²) in [5.41, 5.74) is 0. The first-order chi connectivity index (χ1) is 8.71. The lowest BCUT2D eigenvalue weighted by Crippen LogP contribution is -2.27. The van der Waals surface area contributed by atoms with Gasteiger partial charge >= 0.3 is 0 Å². The largest absolute Gasteiger partial charge is 0.349 e. The van der Waals surface area contributed by atoms with Gasteiger partial charge in [0.1, 0.15) is 0 Å². The van der Waals surface area contributed by atoms with Crippen molar-refractivity contribution in [2.24, 2.45) is 0 Å². The molecular formula is C13H25N3S2. The smallest absolute Gasteiger partial charge is 0.185 e. The molecule has 0 aliphatic heterocycles. The predicted octanol–water partition coefficient (Wildman–Crippen LogP) is 3.22. The zero-order valence-corrected chi connectivity index (χ0v) is 13.5. The van der Waals surface area contributed by atoms with E-state index in [1.165, 1.54) is 16.4 Å². The van der Waals surface area contributed by atoms with E-state index >= 15 is 0 Å². The standard InChI is InChI=1S/C13H25N3S2/c1-5-16(6-2)13-15-9-12(18-13)8-14-11(4)10-17-7-3/h9,11,14H,5-8,10H2,1-4H3. The van der Waals surface area contributed by atoms with Gasteiger partial charge in [0.05, 0.1) is 0 Å². The maximum Gasteiger partial charge on any atom is 0.185 e. The molecule has 1 N–H and O–H groups in total. The highest BCUT2D eigenvalue weighted by atomic mass is 32.2. The minimum Gasteiger partial charge on any atom is -0.349 e. The third-order valence-electron chi connectivity index (χ3n) is 2.77. The Hall–Kier alpha value is -0.260. The van der Waals surface area contributed by atoms with E-state index in [9.17, 15) is 0 Å². The van der Waals surface area contributed by atoms with Crippen LogP contribution in [0.3, 0.4) is 0 Å². The quantitative estimate of drug-likeness (QED) is 0.755. The lowest BCUT2D eigenvalue weighted by Gasteiger charge is -2.16. The van der Waals surface area contributed by atoms with Crippen molar-refractivity contribution in [3.05, 3.63) is 11.1 Å². The fourth-order valence-electron chi connectivity index (χ4n) is 1.65. The number of thiazole rings is 1. The maximum absolute atomic E-state index is 4.50. The summed E-state index contributed by atoms with van der Waals surface area (Å²) in [4.78, 5) is 8.12. The number of aromatic nitrogens is 1. The fraction of sp³-hybridized carbons (Fsp3) is 0.769. The zero-order valence-electron chi connectivity index (χ0n) is 11.9. The van der Waals surface area contributed by atoms with Gasteiger partial charge < -0.3 is 10.2 Å². The normalized spacial score (nSPS) is 12.7. The highest BCUT2D eigenvalue weighted by Gasteiger charge is 2.08. The molecule has 0 spiro atoms. The molecule has 1 atom stereocenters. The Morgan fingerprint density at radius 1 is 1.39 bits per heavy atom. The van der Waals surface area contributed by atoms with E-state index < -0.39 is 0 Å². The Morgan fingerprint density at radius 3 is 2.72 bits per heavy atom. The summed E-state index contributed by atoms with van der Waals surface area (Å²) in [5, 5.41) is 4.70. The zero-order chi connectivity index (χ0) is 13.4. The summed E-state index contributed by atoms with van der Waals surface area (Å²) in [7, 11) is 0. The van der Waals surface area contributed by atoms with Gasteiger partial charge in [-0.3, -0.25) is 0 Å². The number of thioether (sulfide) groups is 1. The summed E-state index contributed by atoms with van der Waals surface area (Å²) in [5.74, 6) is 2.37. The topological polar surface area (TPSA) is 28.2 Å². The maximum atomic E-state index is 4.50. The van der Waals surface area contributed by atoms with Crippen molar-refractivity contribution in [2.45, 2.75) is 40.3 Å². The molecule has 3 nitrogen and oxygen atoms in total. The second-order valence-electron chi connectivity index (χ2n) is 4.22. The molecule has 1 heterocycles. The van der Waals surface area contributed by atoms with Crippen LogP contribution in [0.5, 0.6) is 0 Å². The molecule has 0 aliphatic rings. The molecule has 1 aromatic heterocycles. The average Bonchev–Trinajstić information content (AvgIpc) is 2.84. The van der Waals surface area contributed by atoms with Crippen LogP contribution in [-0.4, -0.2) is 35.6 Å². The van der Waals surface area contributed by atoms with Crippen molar-refractivity contribution in [3.63, 3.8) is 0 Å². The minimum atomic E-state index is 0.564. The van der Waals surface area contributed by atoms with Crippen molar-refractivity contribution in [2.75, 3.05) is 29.5 Å². The lowest BCUT2D eigenvalue weighted by molar-refractivity contribution is 0.600. The molecule has 104 valence electrons. The molecule has 1 unspecified atom stereocenters. The highest BCUT2D eigenvalue weighted by molar-refractivity contribution is 7.99. The van der Waals surface area contributed by atoms with E-state index in [0.717, 1.165) is 24.8 Å². The number of hydrogen-bond acceptors (Lipinski definition) is 5. The lowest BCUT2D eigenvalue weighted by atomic mass is 10.4. The molecule has 0 aromatic carbocycles. The summed E-state index contributed by atoms with van der Waals surface area (Å²) in [6, 6.07) is 0.564. The molecule has 1 rings (SSSR count). The number of nitrogens with zero attached hydrogens (tertiary/aromatic N) is 2. The predicted molar refractivity (Wildman–Crippen MR) is 85.0 cm³/mol. The van der Waals surface area contributed by atoms with Crippen molar-refractivity contribution >= 4 is 28.2 Å². The van der Waals surface area contributed by atoms with Gasteiger partial charge in [0.2, 0.25) is 0 Å². The summed E-state index contributed by atoms with van der Waals surface area (Å²) < 4.78 is 0. The summed E-state index contributed by atoms with van der Waals surface area (Å²) in [6.07, 6.45) is 2.00. The van der Waals surface area contributed by atoms with Crippen LogP contribution in [0.4, 0.5) is 5.13 Å². The summed E-state index contributed by atoms with van der Waals surface area (Å²) in [6.45, 7) is 11.8. The van der Waals surface area contributed by atoms with E-state index in [0.29, 0.717) is 6.04 Å². The van der Waals surface area contributed by atoms with Gasteiger partial charge in [-0.2, -0.15) is 11.8 Å². The summed E-state index contributed by atoms with van der Waals surface area (Å²) >= 11 is 3.79. The van der Waals surface area contributed by atoms with Crippen LogP contribution in [0.25, 0.3) is 0 Å². The SMILES string of the molecule is CCSCC(C)NCc1cnc(N(CC)CC)s1. The van der Waals surface area contributed by atoms with E-state index in [4.69, 9.17) is 0 Å². The van der Waals surface area contributed by atoms with Gasteiger partial charge in [-0.15, -0.1) is 11.3 Å². The Morgan fingerprint density at radius 2 is 2.11 bits per heavy atom. The van der Waals surface area contributed by atoms with Crippen molar-refractivity contribution in [1.29, 1.82) is 0 Å². The van der Waals surface area contributed by atoms with E-state index in [1.54, 1.807) is 11.3 Å². The van der Waals surface area contributed by atoms with Gasteiger partial charge in [-0.05, 0) is 26.5 Å². The van der Waals surface area contributed by atoms with Crippen LogP contribution in [0, 0.1) is 0 Å². The van der Waals surface area contributed by atoms with Gasteiger partial charge in [0.25, 0.3) is 0 Å². The molecule has 0 saturated carbocycles. The van der Waals surface area contributed by atoms with Crippen molar-refractivity contribution in [1.82, 2.24) is 10.3 Å². The monoisotopic (exact) mass is 287 g/mol. The van der Waals surface area contributed by atoms with Crippen LogP contribution in [0.15, 0.2) is 6.20 Å². The molecule has 0 saturated heterocycles. The van der Waals surface area contributed by atoms with Crippen LogP contribution >= 0.6 is 23.1 Å². The number of nitrogens with one attached hydrogen (secondary N) is 1. The number of anilines is 1. The third kappa shape index (κ3) is 5.16. The first-order valence-corrected chi connectivity index (χ1v) is 8.69. The van der Waals surface area contributed by atoms with E-state index in [2.05, 4.69) is 42.9 Å². The first-order valence-electron chi connectivity index (χ1n) is 6.71. The van der Waals surface area contributed by atoms with Gasteiger partial charge in [-0.1, -0.05) is 6.92 Å². The van der Waals surface area contributed by atoms with Crippen molar-refractivity contribution < 1.29 is 0 Å². The molecule has 1 aromatic rings. The second-order valence-corrected chi connectivity index (χ2v) is 6.64. The van der Waals surface area contributed by atoms with Crippen molar-refractivity contribution in [3.8, 4) is 0 Å². The second kappa shape index (κ2) is 8.77. The molecule has 5 heteroatoms. The molecule has 0 aliphatic carbocycles. The Labute approximate surface area is 119 Å². The Kier molecular flexibility index (Phi) is 7.70. The highest BCUT2D eigenvalue weighted by Crippen LogP contribution is 2.22. The van der Waals surface area contributed by atoms with Crippen LogP contribution in [0.1, 0.15) is 32.6 Å². The van der Waals surface area contributed by atoms with Crippen LogP contribution in [-0.2, 0) is 6.54 Å². The Balaban J connectivity index is 2.39. The fourth-order valence-corrected chi connectivity index (χ4v) is 3.34. The van der Waals surface area contributed by atoms with Gasteiger partial charge in [0.15, 0.2) is 5.13 Å². The molecular weight excluding hydrogens is 262 g/mol. The molecule has 0 radical (unpaired) electrons. The van der Waals surface area contributed by atoms with Gasteiger partial charge in [-0.25, -0.2) is 4.98 Å². The van der Waals surface area contributed by atoms with E-state index in [-0.39, 0.29) is 0 Å². The van der Waals surface area contributed by atoms with Crippen LogP contribution in [0.2, 0.25) is 0 Å². The van der Waals surface area contributed by atoms with E-state index in [1.807, 2.05) is 18.0 Å². The number of hydrogen-bond donors (Lipinski definition) is 1. The average molecular weight is 287 g/mol. The minimum absolute atomic E-state index is 0.564. The Bertz CT molecular complexity index is 324. The number of rotatable bonds is 9. The first kappa shape index (κ1) is 15.8. The van der Waals surface area contributed by atoms with Gasteiger partial charge in [0, 0.05) is 42.5 Å². The molecule has 0 fully saturated rings.